The second-order valence-electron chi connectivity index (χ2n) is 8.90. The van der Waals surface area contributed by atoms with E-state index in [9.17, 15) is 4.79 Å². The van der Waals surface area contributed by atoms with Crippen LogP contribution < -0.4 is 10.2 Å². The third-order valence-corrected chi connectivity index (χ3v) is 8.16. The summed E-state index contributed by atoms with van der Waals surface area (Å²) < 4.78 is 1.74. The molecule has 0 radical (unpaired) electrons. The van der Waals surface area contributed by atoms with E-state index in [1.807, 2.05) is 30.5 Å². The van der Waals surface area contributed by atoms with Gasteiger partial charge in [0.1, 0.15) is 11.5 Å². The van der Waals surface area contributed by atoms with Gasteiger partial charge in [0.2, 0.25) is 0 Å². The van der Waals surface area contributed by atoms with Gasteiger partial charge in [0.25, 0.3) is 5.91 Å². The number of hydrogen-bond donors (Lipinski definition) is 1. The summed E-state index contributed by atoms with van der Waals surface area (Å²) in [7, 11) is 0. The van der Waals surface area contributed by atoms with E-state index < -0.39 is 0 Å². The van der Waals surface area contributed by atoms with Gasteiger partial charge in [-0.1, -0.05) is 29.3 Å². The summed E-state index contributed by atoms with van der Waals surface area (Å²) in [6.07, 6.45) is 6.01. The molecule has 0 amide bonds. The van der Waals surface area contributed by atoms with Crippen LogP contribution in [0, 0.1) is 0 Å². The maximum absolute atomic E-state index is 13.1. The summed E-state index contributed by atoms with van der Waals surface area (Å²) in [5.41, 5.74) is 5.72. The van der Waals surface area contributed by atoms with Crippen LogP contribution in [0.25, 0.3) is 11.4 Å². The number of fused-ring (bicyclic) bond motifs is 5. The second kappa shape index (κ2) is 8.56. The number of piperazine rings is 1. The first-order valence-electron chi connectivity index (χ1n) is 11.6. The monoisotopic (exact) mass is 511 g/mol. The highest BCUT2D eigenvalue weighted by Gasteiger charge is 2.35. The minimum atomic E-state index is 0.0631. The van der Waals surface area contributed by atoms with Crippen molar-refractivity contribution in [1.82, 2.24) is 14.5 Å². The molecule has 0 spiro atoms. The van der Waals surface area contributed by atoms with Gasteiger partial charge in [-0.15, -0.1) is 0 Å². The van der Waals surface area contributed by atoms with E-state index in [0.29, 0.717) is 20.8 Å². The Hall–Kier alpha value is -2.61. The van der Waals surface area contributed by atoms with E-state index in [1.54, 1.807) is 10.6 Å². The van der Waals surface area contributed by atoms with Crippen molar-refractivity contribution < 1.29 is 4.79 Å². The van der Waals surface area contributed by atoms with Crippen molar-refractivity contribution in [3.8, 4) is 11.4 Å². The Labute approximate surface area is 213 Å². The van der Waals surface area contributed by atoms with E-state index in [0.717, 1.165) is 74.6 Å². The van der Waals surface area contributed by atoms with Crippen molar-refractivity contribution >= 4 is 57.9 Å². The maximum Gasteiger partial charge on any atom is 0.264 e. The molecule has 1 N–H and O–H groups in total. The minimum Gasteiger partial charge on any atom is -0.353 e. The third kappa shape index (κ3) is 3.49. The van der Waals surface area contributed by atoms with Gasteiger partial charge in [-0.2, -0.15) is 0 Å². The highest BCUT2D eigenvalue weighted by molar-refractivity contribution is 7.80. The zero-order valence-corrected chi connectivity index (χ0v) is 20.8. The van der Waals surface area contributed by atoms with E-state index in [1.165, 1.54) is 11.1 Å². The summed E-state index contributed by atoms with van der Waals surface area (Å²) in [4.78, 5) is 22.7. The fourth-order valence-corrected chi connectivity index (χ4v) is 5.91. The maximum atomic E-state index is 13.1. The Morgan fingerprint density at radius 1 is 1.00 bits per heavy atom. The molecule has 174 valence electrons. The summed E-state index contributed by atoms with van der Waals surface area (Å²) in [5, 5.41) is 4.84. The first-order chi connectivity index (χ1) is 16.5. The van der Waals surface area contributed by atoms with Crippen LogP contribution in [0.3, 0.4) is 0 Å². The van der Waals surface area contributed by atoms with E-state index in [2.05, 4.69) is 15.1 Å². The Morgan fingerprint density at radius 2 is 1.76 bits per heavy atom. The number of nitrogens with one attached hydrogen (secondary N) is 1. The van der Waals surface area contributed by atoms with Gasteiger partial charge in [-0.05, 0) is 73.3 Å². The Morgan fingerprint density at radius 3 is 2.56 bits per heavy atom. The van der Waals surface area contributed by atoms with Gasteiger partial charge < -0.3 is 15.1 Å². The molecule has 1 aliphatic carbocycles. The molecule has 0 unspecified atom stereocenters. The number of benzene rings is 1. The number of carbonyl (C=O) groups excluding carboxylic acids is 1. The van der Waals surface area contributed by atoms with Crippen molar-refractivity contribution in [3.05, 3.63) is 63.3 Å². The average Bonchev–Trinajstić information content (AvgIpc) is 3.44. The quantitative estimate of drug-likeness (QED) is 0.370. The molecule has 1 fully saturated rings. The lowest BCUT2D eigenvalue weighted by molar-refractivity contribution is 0.0968. The number of hydrogen-bond acceptors (Lipinski definition) is 4. The minimum absolute atomic E-state index is 0.0631. The van der Waals surface area contributed by atoms with Crippen LogP contribution in [-0.2, 0) is 12.8 Å². The lowest BCUT2D eigenvalue weighted by Crippen LogP contribution is -2.50. The van der Waals surface area contributed by atoms with Crippen molar-refractivity contribution in [3.63, 3.8) is 0 Å². The van der Waals surface area contributed by atoms with Crippen molar-refractivity contribution in [1.29, 1.82) is 0 Å². The van der Waals surface area contributed by atoms with Gasteiger partial charge in [-0.3, -0.25) is 9.36 Å². The lowest BCUT2D eigenvalue weighted by Gasteiger charge is -2.38. The number of carbonyl (C=O) groups is 1. The third-order valence-electron chi connectivity index (χ3n) is 6.98. The fourth-order valence-electron chi connectivity index (χ4n) is 5.26. The highest BCUT2D eigenvalue weighted by Crippen LogP contribution is 2.41. The molecular formula is C25H23Cl2N5OS. The Kier molecular flexibility index (Phi) is 5.51. The van der Waals surface area contributed by atoms with Crippen molar-refractivity contribution in [2.75, 3.05) is 36.4 Å². The molecule has 3 aromatic rings. The SMILES string of the molecule is O=C1c2c(nc(N3CCN(C(=S)Nc4cccc(Cl)c4Cl)CC3)c3c2CCCC3)-c2cccn21. The van der Waals surface area contributed by atoms with Crippen LogP contribution in [0.2, 0.25) is 10.0 Å². The number of rotatable bonds is 2. The van der Waals surface area contributed by atoms with Crippen LogP contribution in [0.5, 0.6) is 0 Å². The van der Waals surface area contributed by atoms with Crippen LogP contribution in [0.4, 0.5) is 11.5 Å². The fraction of sp³-hybridized carbons (Fsp3) is 0.320. The molecule has 3 aliphatic rings. The molecule has 1 saturated heterocycles. The van der Waals surface area contributed by atoms with Crippen LogP contribution in [0.1, 0.15) is 34.3 Å². The van der Waals surface area contributed by atoms with E-state index in [4.69, 9.17) is 40.4 Å². The second-order valence-corrected chi connectivity index (χ2v) is 10.1. The summed E-state index contributed by atoms with van der Waals surface area (Å²) in [5.74, 6) is 1.10. The molecule has 0 atom stereocenters. The van der Waals surface area contributed by atoms with Crippen molar-refractivity contribution in [2.24, 2.45) is 0 Å². The number of pyridine rings is 1. The number of anilines is 2. The molecule has 2 aromatic heterocycles. The smallest absolute Gasteiger partial charge is 0.264 e. The van der Waals surface area contributed by atoms with Gasteiger partial charge in [0, 0.05) is 32.4 Å². The van der Waals surface area contributed by atoms with Gasteiger partial charge in [0.15, 0.2) is 5.11 Å². The van der Waals surface area contributed by atoms with E-state index in [-0.39, 0.29) is 5.91 Å². The van der Waals surface area contributed by atoms with Crippen molar-refractivity contribution in [2.45, 2.75) is 25.7 Å². The predicted molar refractivity (Wildman–Crippen MR) is 141 cm³/mol. The molecule has 4 heterocycles. The molecule has 6 rings (SSSR count). The number of aromatic nitrogens is 2. The van der Waals surface area contributed by atoms with Crippen LogP contribution in [0.15, 0.2) is 36.5 Å². The van der Waals surface area contributed by atoms with Crippen LogP contribution in [-0.4, -0.2) is 51.6 Å². The van der Waals surface area contributed by atoms with E-state index >= 15 is 0 Å². The summed E-state index contributed by atoms with van der Waals surface area (Å²) in [6.45, 7) is 3.15. The zero-order chi connectivity index (χ0) is 23.4. The molecule has 0 bridgehead atoms. The standard InChI is InChI=1S/C25H23Cl2N5OS/c26-17-7-3-8-18(21(17)27)28-25(34)31-13-11-30(12-14-31)23-16-6-2-1-5-15(16)20-22(29-23)19-9-4-10-32(19)24(20)33/h3-4,7-10H,1-2,5-6,11-14H2,(H,28,34). The van der Waals surface area contributed by atoms with Gasteiger partial charge in [0.05, 0.1) is 27.0 Å². The Balaban J connectivity index is 1.25. The molecule has 9 heteroatoms. The highest BCUT2D eigenvalue weighted by atomic mass is 35.5. The first kappa shape index (κ1) is 21.9. The first-order valence-corrected chi connectivity index (χ1v) is 12.7. The largest absolute Gasteiger partial charge is 0.353 e. The normalized spacial score (nSPS) is 16.8. The molecule has 6 nitrogen and oxygen atoms in total. The number of nitrogens with zero attached hydrogens (tertiary/aromatic N) is 4. The Bertz CT molecular complexity index is 1330. The molecule has 1 aromatic carbocycles. The summed E-state index contributed by atoms with van der Waals surface area (Å²) >= 11 is 18.1. The van der Waals surface area contributed by atoms with Crippen LogP contribution >= 0.6 is 35.4 Å². The molecule has 2 aliphatic heterocycles. The summed E-state index contributed by atoms with van der Waals surface area (Å²) in [6, 6.07) is 9.37. The predicted octanol–water partition coefficient (Wildman–Crippen LogP) is 5.26. The zero-order valence-electron chi connectivity index (χ0n) is 18.5. The van der Waals surface area contributed by atoms with Gasteiger partial charge in [-0.25, -0.2) is 4.98 Å². The van der Waals surface area contributed by atoms with Gasteiger partial charge >= 0.3 is 0 Å². The number of halogens is 2. The number of thiocarbonyl (C=S) groups is 1. The topological polar surface area (TPSA) is 53.4 Å². The molecule has 0 saturated carbocycles. The lowest BCUT2D eigenvalue weighted by atomic mass is 9.87. The molecule has 34 heavy (non-hydrogen) atoms. The molecular weight excluding hydrogens is 489 g/mol. The average molecular weight is 512 g/mol.